The van der Waals surface area contributed by atoms with Gasteiger partial charge in [-0.25, -0.2) is 0 Å². The molecule has 1 amide bonds. The highest BCUT2D eigenvalue weighted by Gasteiger charge is 2.25. The summed E-state index contributed by atoms with van der Waals surface area (Å²) in [6.07, 6.45) is 2.98. The molecule has 2 heterocycles. The van der Waals surface area contributed by atoms with E-state index in [1.807, 2.05) is 24.3 Å². The lowest BCUT2D eigenvalue weighted by molar-refractivity contribution is -0.120. The number of rotatable bonds is 5. The molecule has 0 saturated carbocycles. The third kappa shape index (κ3) is 3.56. The summed E-state index contributed by atoms with van der Waals surface area (Å²) < 4.78 is 7.26. The van der Waals surface area contributed by atoms with Crippen molar-refractivity contribution in [3.8, 4) is 17.1 Å². The molecule has 1 aliphatic heterocycles. The fraction of sp³-hybridized carbons (Fsp3) is 0.471. The molecule has 0 aliphatic carbocycles. The van der Waals surface area contributed by atoms with Gasteiger partial charge < -0.3 is 14.6 Å². The Hall–Kier alpha value is -2.02. The minimum atomic E-state index is -0.0919. The molecule has 0 spiro atoms. The van der Waals surface area contributed by atoms with E-state index in [2.05, 4.69) is 27.0 Å². The molecule has 0 unspecified atom stereocenters. The molecule has 6 nitrogen and oxygen atoms in total. The molecule has 1 aliphatic rings. The molecule has 0 bridgehead atoms. The van der Waals surface area contributed by atoms with Crippen LogP contribution in [0.1, 0.15) is 26.2 Å². The lowest BCUT2D eigenvalue weighted by atomic mass is 10.2. The summed E-state index contributed by atoms with van der Waals surface area (Å²) >= 11 is 1.51. The number of hydrogen-bond acceptors (Lipinski definition) is 5. The van der Waals surface area contributed by atoms with E-state index in [1.165, 1.54) is 11.8 Å². The fourth-order valence-corrected chi connectivity index (χ4v) is 3.93. The third-order valence-corrected chi connectivity index (χ3v) is 5.36. The molecule has 1 fully saturated rings. The number of amides is 1. The molecular formula is C17H22N4O2S. The van der Waals surface area contributed by atoms with Crippen LogP contribution in [0.2, 0.25) is 0 Å². The molecule has 1 atom stereocenters. The molecule has 2 aromatic rings. The van der Waals surface area contributed by atoms with E-state index in [-0.39, 0.29) is 11.2 Å². The van der Waals surface area contributed by atoms with Crippen molar-refractivity contribution < 1.29 is 9.53 Å². The van der Waals surface area contributed by atoms with Crippen LogP contribution in [0.25, 0.3) is 11.4 Å². The van der Waals surface area contributed by atoms with Gasteiger partial charge in [0, 0.05) is 18.7 Å². The minimum absolute atomic E-state index is 0.0919. The summed E-state index contributed by atoms with van der Waals surface area (Å²) in [5.41, 5.74) is 0.988. The van der Waals surface area contributed by atoms with Gasteiger partial charge in [-0.1, -0.05) is 18.2 Å². The highest BCUT2D eigenvalue weighted by molar-refractivity contribution is 8.00. The number of ether oxygens (including phenoxy) is 1. The molecule has 1 N–H and O–H groups in total. The minimum Gasteiger partial charge on any atom is -0.497 e. The average molecular weight is 346 g/mol. The second kappa shape index (κ2) is 7.70. The van der Waals surface area contributed by atoms with Gasteiger partial charge in [-0.05, 0) is 44.0 Å². The van der Waals surface area contributed by atoms with E-state index >= 15 is 0 Å². The molecule has 0 radical (unpaired) electrons. The number of nitrogens with one attached hydrogen (secondary N) is 1. The van der Waals surface area contributed by atoms with Gasteiger partial charge in [0.1, 0.15) is 5.75 Å². The monoisotopic (exact) mass is 346 g/mol. The molecule has 1 saturated heterocycles. The number of carbonyl (C=O) groups is 1. The molecule has 1 aromatic carbocycles. The van der Waals surface area contributed by atoms with Gasteiger partial charge in [-0.2, -0.15) is 0 Å². The molecule has 128 valence electrons. The van der Waals surface area contributed by atoms with Gasteiger partial charge in [0.2, 0.25) is 5.91 Å². The second-order valence-corrected chi connectivity index (χ2v) is 6.84. The molecule has 24 heavy (non-hydrogen) atoms. The Morgan fingerprint density at radius 3 is 2.79 bits per heavy atom. The number of carbonyl (C=O) groups excluding carboxylic acids is 1. The lowest BCUT2D eigenvalue weighted by Gasteiger charge is -2.13. The molecule has 3 rings (SSSR count). The number of methoxy groups -OCH3 is 1. The van der Waals surface area contributed by atoms with Crippen LogP contribution in [0.3, 0.4) is 0 Å². The number of thioether (sulfide) groups is 1. The molecule has 1 aromatic heterocycles. The summed E-state index contributed by atoms with van der Waals surface area (Å²) in [6.45, 7) is 3.59. The van der Waals surface area contributed by atoms with Crippen LogP contribution in [0, 0.1) is 0 Å². The van der Waals surface area contributed by atoms with E-state index < -0.39 is 0 Å². The first-order valence-corrected chi connectivity index (χ1v) is 9.13. The van der Waals surface area contributed by atoms with Crippen molar-refractivity contribution in [2.24, 2.45) is 0 Å². The maximum absolute atomic E-state index is 12.2. The SMILES string of the molecule is CCn1c(S[C@H]2CCCCNC2=O)nnc1-c1ccc(OC)cc1. The number of benzene rings is 1. The fourth-order valence-electron chi connectivity index (χ4n) is 2.77. The van der Waals surface area contributed by atoms with Crippen molar-refractivity contribution >= 4 is 17.7 Å². The Bertz CT molecular complexity index is 699. The standard InChI is InChI=1S/C17H22N4O2S/c1-3-21-15(12-7-9-13(23-2)10-8-12)19-20-17(21)24-14-6-4-5-11-18-16(14)22/h7-10,14H,3-6,11H2,1-2H3,(H,18,22)/t14-/m0/s1. The van der Waals surface area contributed by atoms with Gasteiger partial charge in [0.15, 0.2) is 11.0 Å². The second-order valence-electron chi connectivity index (χ2n) is 5.67. The first kappa shape index (κ1) is 16.8. The van der Waals surface area contributed by atoms with Crippen molar-refractivity contribution in [2.45, 2.75) is 43.1 Å². The Labute approximate surface area is 146 Å². The van der Waals surface area contributed by atoms with Crippen LogP contribution in [0.4, 0.5) is 0 Å². The summed E-state index contributed by atoms with van der Waals surface area (Å²) in [7, 11) is 1.65. The Balaban J connectivity index is 1.84. The van der Waals surface area contributed by atoms with Gasteiger partial charge in [-0.3, -0.25) is 4.79 Å². The van der Waals surface area contributed by atoms with Crippen molar-refractivity contribution in [1.82, 2.24) is 20.1 Å². The van der Waals surface area contributed by atoms with Crippen LogP contribution in [-0.4, -0.2) is 39.6 Å². The maximum Gasteiger partial charge on any atom is 0.233 e. The Morgan fingerprint density at radius 2 is 2.08 bits per heavy atom. The lowest BCUT2D eigenvalue weighted by Crippen LogP contribution is -2.30. The molecular weight excluding hydrogens is 324 g/mol. The summed E-state index contributed by atoms with van der Waals surface area (Å²) in [6, 6.07) is 7.77. The van der Waals surface area contributed by atoms with Gasteiger partial charge in [0.25, 0.3) is 0 Å². The maximum atomic E-state index is 12.2. The zero-order valence-corrected chi connectivity index (χ0v) is 14.8. The Kier molecular flexibility index (Phi) is 5.40. The van der Waals surface area contributed by atoms with Crippen LogP contribution in [0.5, 0.6) is 5.75 Å². The highest BCUT2D eigenvalue weighted by Crippen LogP contribution is 2.30. The van der Waals surface area contributed by atoms with Crippen LogP contribution < -0.4 is 10.1 Å². The highest BCUT2D eigenvalue weighted by atomic mass is 32.2. The topological polar surface area (TPSA) is 69.0 Å². The summed E-state index contributed by atoms with van der Waals surface area (Å²) in [4.78, 5) is 12.2. The predicted molar refractivity (Wildman–Crippen MR) is 94.2 cm³/mol. The van der Waals surface area contributed by atoms with Crippen molar-refractivity contribution in [2.75, 3.05) is 13.7 Å². The van der Waals surface area contributed by atoms with Crippen LogP contribution in [-0.2, 0) is 11.3 Å². The first-order valence-electron chi connectivity index (χ1n) is 8.25. The smallest absolute Gasteiger partial charge is 0.233 e. The van der Waals surface area contributed by atoms with Crippen molar-refractivity contribution in [3.63, 3.8) is 0 Å². The number of nitrogens with zero attached hydrogens (tertiary/aromatic N) is 3. The first-order chi connectivity index (χ1) is 11.7. The average Bonchev–Trinajstić information content (AvgIpc) is 2.91. The van der Waals surface area contributed by atoms with E-state index in [4.69, 9.17) is 4.74 Å². The number of aromatic nitrogens is 3. The zero-order valence-electron chi connectivity index (χ0n) is 14.0. The van der Waals surface area contributed by atoms with Crippen molar-refractivity contribution in [1.29, 1.82) is 0 Å². The van der Waals surface area contributed by atoms with Crippen LogP contribution >= 0.6 is 11.8 Å². The largest absolute Gasteiger partial charge is 0.497 e. The van der Waals surface area contributed by atoms with E-state index in [1.54, 1.807) is 7.11 Å². The van der Waals surface area contributed by atoms with E-state index in [0.29, 0.717) is 0 Å². The normalized spacial score (nSPS) is 18.1. The van der Waals surface area contributed by atoms with Gasteiger partial charge >= 0.3 is 0 Å². The quantitative estimate of drug-likeness (QED) is 0.901. The van der Waals surface area contributed by atoms with Crippen LogP contribution in [0.15, 0.2) is 29.4 Å². The third-order valence-electron chi connectivity index (χ3n) is 4.11. The van der Waals surface area contributed by atoms with E-state index in [9.17, 15) is 4.79 Å². The van der Waals surface area contributed by atoms with Crippen molar-refractivity contribution in [3.05, 3.63) is 24.3 Å². The zero-order chi connectivity index (χ0) is 16.9. The van der Waals surface area contributed by atoms with Gasteiger partial charge in [0.05, 0.1) is 12.4 Å². The van der Waals surface area contributed by atoms with E-state index in [0.717, 1.165) is 54.6 Å². The van der Waals surface area contributed by atoms with Gasteiger partial charge in [-0.15, -0.1) is 10.2 Å². The summed E-state index contributed by atoms with van der Waals surface area (Å²) in [5, 5.41) is 12.4. The predicted octanol–water partition coefficient (Wildman–Crippen LogP) is 2.73. The number of hydrogen-bond donors (Lipinski definition) is 1. The molecule has 7 heteroatoms. The summed E-state index contributed by atoms with van der Waals surface area (Å²) in [5.74, 6) is 1.73. The Morgan fingerprint density at radius 1 is 1.29 bits per heavy atom.